The van der Waals surface area contributed by atoms with Gasteiger partial charge in [-0.2, -0.15) is 0 Å². The average molecular weight is 222 g/mol. The first-order valence-electron chi connectivity index (χ1n) is 4.43. The number of guanidine groups is 1. The maximum Gasteiger partial charge on any atom is 0.326 e. The van der Waals surface area contributed by atoms with Crippen LogP contribution in [0.1, 0.15) is 0 Å². The first-order chi connectivity index (χ1) is 7.59. The van der Waals surface area contributed by atoms with Gasteiger partial charge in [0.15, 0.2) is 11.5 Å². The first-order valence-corrected chi connectivity index (χ1v) is 4.43. The Labute approximate surface area is 91.0 Å². The Morgan fingerprint density at radius 3 is 2.62 bits per heavy atom. The number of nitrogens with two attached hydrogens (primary N) is 2. The van der Waals surface area contributed by atoms with Gasteiger partial charge in [0.1, 0.15) is 0 Å². The third-order valence-corrected chi connectivity index (χ3v) is 2.08. The van der Waals surface area contributed by atoms with E-state index < -0.39 is 12.0 Å². The van der Waals surface area contributed by atoms with Crippen molar-refractivity contribution in [1.82, 2.24) is 0 Å². The molecule has 7 heteroatoms. The minimum Gasteiger partial charge on any atom is -0.454 e. The van der Waals surface area contributed by atoms with Gasteiger partial charge >= 0.3 is 6.03 Å². The molecule has 0 fully saturated rings. The quantitative estimate of drug-likeness (QED) is 0.464. The predicted octanol–water partition coefficient (Wildman–Crippen LogP) is 0.194. The summed E-state index contributed by atoms with van der Waals surface area (Å²) in [5, 5.41) is 7.25. The molecule has 0 saturated carbocycles. The molecular formula is C9H10N4O3. The van der Waals surface area contributed by atoms with Crippen LogP contribution in [-0.4, -0.2) is 18.8 Å². The number of rotatable bonds is 1. The van der Waals surface area contributed by atoms with Crippen LogP contribution in [0.5, 0.6) is 11.5 Å². The van der Waals surface area contributed by atoms with E-state index in [-0.39, 0.29) is 6.79 Å². The summed E-state index contributed by atoms with van der Waals surface area (Å²) in [6, 6.07) is 3.90. The SMILES string of the molecule is N=C(N)N(C(N)=O)c1ccc2c(c1)OCO2. The number of hydrogen-bond acceptors (Lipinski definition) is 4. The highest BCUT2D eigenvalue weighted by atomic mass is 16.7. The summed E-state index contributed by atoms with van der Waals surface area (Å²) in [5.74, 6) is 0.619. The Morgan fingerprint density at radius 2 is 2.00 bits per heavy atom. The molecule has 2 amide bonds. The van der Waals surface area contributed by atoms with E-state index in [0.717, 1.165) is 4.90 Å². The van der Waals surface area contributed by atoms with Crippen LogP contribution in [0, 0.1) is 5.41 Å². The molecule has 0 bridgehead atoms. The Bertz CT molecular complexity index is 446. The lowest BCUT2D eigenvalue weighted by Crippen LogP contribution is -2.44. The second kappa shape index (κ2) is 3.61. The predicted molar refractivity (Wildman–Crippen MR) is 56.5 cm³/mol. The maximum absolute atomic E-state index is 11.1. The summed E-state index contributed by atoms with van der Waals surface area (Å²) >= 11 is 0. The molecule has 1 aliphatic rings. The summed E-state index contributed by atoms with van der Waals surface area (Å²) < 4.78 is 10.2. The van der Waals surface area contributed by atoms with E-state index in [1.807, 2.05) is 0 Å². The van der Waals surface area contributed by atoms with Gasteiger partial charge in [0.05, 0.1) is 5.69 Å². The Balaban J connectivity index is 2.39. The fraction of sp³-hybridized carbons (Fsp3) is 0.111. The summed E-state index contributed by atoms with van der Waals surface area (Å²) in [5.41, 5.74) is 10.7. The van der Waals surface area contributed by atoms with Gasteiger partial charge in [-0.15, -0.1) is 0 Å². The molecule has 0 aromatic heterocycles. The molecule has 1 aliphatic heterocycles. The second-order valence-corrected chi connectivity index (χ2v) is 3.10. The molecule has 1 aromatic carbocycles. The van der Waals surface area contributed by atoms with E-state index in [1.165, 1.54) is 6.07 Å². The van der Waals surface area contributed by atoms with Gasteiger partial charge in [-0.1, -0.05) is 0 Å². The molecule has 0 aliphatic carbocycles. The van der Waals surface area contributed by atoms with Gasteiger partial charge in [0, 0.05) is 6.07 Å². The van der Waals surface area contributed by atoms with Gasteiger partial charge < -0.3 is 20.9 Å². The molecule has 84 valence electrons. The van der Waals surface area contributed by atoms with Crippen molar-refractivity contribution in [3.05, 3.63) is 18.2 Å². The fourth-order valence-electron chi connectivity index (χ4n) is 1.41. The van der Waals surface area contributed by atoms with Crippen LogP contribution in [0.3, 0.4) is 0 Å². The smallest absolute Gasteiger partial charge is 0.326 e. The third kappa shape index (κ3) is 1.58. The molecule has 7 nitrogen and oxygen atoms in total. The summed E-state index contributed by atoms with van der Waals surface area (Å²) in [4.78, 5) is 12.0. The lowest BCUT2D eigenvalue weighted by Gasteiger charge is -2.18. The highest BCUT2D eigenvalue weighted by Gasteiger charge is 2.20. The van der Waals surface area contributed by atoms with Crippen molar-refractivity contribution in [2.45, 2.75) is 0 Å². The van der Waals surface area contributed by atoms with E-state index >= 15 is 0 Å². The van der Waals surface area contributed by atoms with Crippen molar-refractivity contribution in [3.8, 4) is 11.5 Å². The average Bonchev–Trinajstić information content (AvgIpc) is 2.63. The number of nitrogens with one attached hydrogen (secondary N) is 1. The largest absolute Gasteiger partial charge is 0.454 e. The van der Waals surface area contributed by atoms with Gasteiger partial charge in [-0.3, -0.25) is 5.41 Å². The molecule has 2 rings (SSSR count). The standard InChI is InChI=1S/C9H10N4O3/c10-8(11)13(9(12)14)5-1-2-6-7(3-5)16-4-15-6/h1-3H,4H2,(H3,10,11)(H2,12,14). The monoisotopic (exact) mass is 222 g/mol. The van der Waals surface area contributed by atoms with Crippen molar-refractivity contribution in [2.24, 2.45) is 11.5 Å². The van der Waals surface area contributed by atoms with Crippen LogP contribution in [0.4, 0.5) is 10.5 Å². The van der Waals surface area contributed by atoms with E-state index in [2.05, 4.69) is 0 Å². The van der Waals surface area contributed by atoms with Crippen molar-refractivity contribution >= 4 is 17.7 Å². The number of nitrogens with zero attached hydrogens (tertiary/aromatic N) is 1. The molecule has 0 atom stereocenters. The normalized spacial score (nSPS) is 12.2. The van der Waals surface area contributed by atoms with Crippen LogP contribution in [0.2, 0.25) is 0 Å². The van der Waals surface area contributed by atoms with E-state index in [9.17, 15) is 4.79 Å². The van der Waals surface area contributed by atoms with Crippen molar-refractivity contribution in [3.63, 3.8) is 0 Å². The number of benzene rings is 1. The number of hydrogen-bond donors (Lipinski definition) is 3. The number of carbonyl (C=O) groups is 1. The van der Waals surface area contributed by atoms with Crippen LogP contribution in [-0.2, 0) is 0 Å². The Kier molecular flexibility index (Phi) is 2.28. The molecule has 0 saturated heterocycles. The number of amides is 2. The van der Waals surface area contributed by atoms with Crippen molar-refractivity contribution in [2.75, 3.05) is 11.7 Å². The van der Waals surface area contributed by atoms with E-state index in [0.29, 0.717) is 17.2 Å². The number of fused-ring (bicyclic) bond motifs is 1. The zero-order valence-electron chi connectivity index (χ0n) is 8.27. The maximum atomic E-state index is 11.1. The number of anilines is 1. The number of urea groups is 1. The lowest BCUT2D eigenvalue weighted by atomic mass is 10.2. The van der Waals surface area contributed by atoms with Gasteiger partial charge in [0.25, 0.3) is 0 Å². The van der Waals surface area contributed by atoms with Crippen molar-refractivity contribution < 1.29 is 14.3 Å². The third-order valence-electron chi connectivity index (χ3n) is 2.08. The van der Waals surface area contributed by atoms with Gasteiger partial charge in [-0.05, 0) is 12.1 Å². The van der Waals surface area contributed by atoms with Crippen LogP contribution in [0.15, 0.2) is 18.2 Å². The van der Waals surface area contributed by atoms with Crippen LogP contribution in [0.25, 0.3) is 0 Å². The first kappa shape index (κ1) is 10.1. The lowest BCUT2D eigenvalue weighted by molar-refractivity contribution is 0.174. The minimum atomic E-state index is -0.827. The number of carbonyl (C=O) groups excluding carboxylic acids is 1. The second-order valence-electron chi connectivity index (χ2n) is 3.10. The zero-order chi connectivity index (χ0) is 11.7. The van der Waals surface area contributed by atoms with E-state index in [1.54, 1.807) is 12.1 Å². The van der Waals surface area contributed by atoms with Crippen molar-refractivity contribution in [1.29, 1.82) is 5.41 Å². The Morgan fingerprint density at radius 1 is 1.31 bits per heavy atom. The fourth-order valence-corrected chi connectivity index (χ4v) is 1.41. The summed E-state index contributed by atoms with van der Waals surface area (Å²) in [6.45, 7) is 0.134. The highest BCUT2D eigenvalue weighted by Crippen LogP contribution is 2.35. The van der Waals surface area contributed by atoms with Gasteiger partial charge in [0.2, 0.25) is 12.8 Å². The molecule has 0 spiro atoms. The van der Waals surface area contributed by atoms with Crippen LogP contribution < -0.4 is 25.8 Å². The zero-order valence-corrected chi connectivity index (χ0v) is 8.27. The topological polar surface area (TPSA) is 115 Å². The summed E-state index contributed by atoms with van der Waals surface area (Å²) in [7, 11) is 0. The molecule has 5 N–H and O–H groups in total. The molecule has 1 aromatic rings. The Hall–Kier alpha value is -2.44. The molecule has 0 unspecified atom stereocenters. The molecule has 16 heavy (non-hydrogen) atoms. The summed E-state index contributed by atoms with van der Waals surface area (Å²) in [6.07, 6.45) is 0. The molecular weight excluding hydrogens is 212 g/mol. The highest BCUT2D eigenvalue weighted by molar-refractivity contribution is 6.13. The van der Waals surface area contributed by atoms with Gasteiger partial charge in [-0.25, -0.2) is 9.69 Å². The number of ether oxygens (including phenoxy) is 2. The molecule has 0 radical (unpaired) electrons. The minimum absolute atomic E-state index is 0.134. The van der Waals surface area contributed by atoms with Crippen LogP contribution >= 0.6 is 0 Å². The number of primary amides is 1. The molecule has 1 heterocycles. The van der Waals surface area contributed by atoms with E-state index in [4.69, 9.17) is 26.4 Å².